The normalized spacial score (nSPS) is 11.1. The molecule has 2 nitrogen and oxygen atoms in total. The van der Waals surface area contributed by atoms with Crippen LogP contribution in [-0.2, 0) is 0 Å². The quantitative estimate of drug-likeness (QED) is 0.604. The van der Waals surface area contributed by atoms with E-state index in [9.17, 15) is 26.3 Å². The monoisotopic (exact) mass is 272 g/mol. The Hall–Kier alpha value is -1.47. The molecule has 1 aromatic heterocycles. The Labute approximate surface area is 99.2 Å². The lowest BCUT2D eigenvalue weighted by Gasteiger charge is -2.24. The van der Waals surface area contributed by atoms with Gasteiger partial charge in [0.05, 0.1) is 6.54 Å². The number of nitrogens with zero attached hydrogens (tertiary/aromatic N) is 2. The van der Waals surface area contributed by atoms with Crippen molar-refractivity contribution in [2.45, 2.75) is 19.8 Å². The molecule has 1 rings (SSSR count). The fourth-order valence-corrected chi connectivity index (χ4v) is 1.48. The van der Waals surface area contributed by atoms with E-state index in [0.29, 0.717) is 4.90 Å². The third-order valence-electron chi connectivity index (χ3n) is 2.14. The van der Waals surface area contributed by atoms with E-state index in [1.165, 1.54) is 0 Å². The molecule has 0 aliphatic rings. The maximum Gasteiger partial charge on any atom is 0.255 e. The van der Waals surface area contributed by atoms with E-state index >= 15 is 0 Å². The molecule has 0 radical (unpaired) electrons. The summed E-state index contributed by atoms with van der Waals surface area (Å²) in [6.07, 6.45) is -2.62. The summed E-state index contributed by atoms with van der Waals surface area (Å²) in [5.74, 6) is -7.27. The molecule has 0 unspecified atom stereocenters. The van der Waals surface area contributed by atoms with Gasteiger partial charge in [0.25, 0.3) is 18.3 Å². The number of hydrogen-bond acceptors (Lipinski definition) is 2. The second-order valence-corrected chi connectivity index (χ2v) is 3.51. The highest BCUT2D eigenvalue weighted by molar-refractivity contribution is 5.48. The molecule has 0 amide bonds. The molecule has 0 bridgehead atoms. The summed E-state index contributed by atoms with van der Waals surface area (Å²) >= 11 is 0. The minimum absolute atomic E-state index is 0.166. The lowest BCUT2D eigenvalue weighted by molar-refractivity contribution is 0.154. The Morgan fingerprint density at radius 1 is 1.06 bits per heavy atom. The van der Waals surface area contributed by atoms with Crippen LogP contribution in [0.15, 0.2) is 0 Å². The zero-order valence-electron chi connectivity index (χ0n) is 9.36. The van der Waals surface area contributed by atoms with Gasteiger partial charge in [0, 0.05) is 6.54 Å². The van der Waals surface area contributed by atoms with E-state index < -0.39 is 42.2 Å². The van der Waals surface area contributed by atoms with E-state index in [4.69, 9.17) is 0 Å². The molecule has 102 valence electrons. The predicted molar refractivity (Wildman–Crippen MR) is 52.6 cm³/mol. The van der Waals surface area contributed by atoms with Crippen molar-refractivity contribution >= 4 is 5.69 Å². The zero-order chi connectivity index (χ0) is 13.9. The van der Waals surface area contributed by atoms with Crippen LogP contribution in [0.1, 0.15) is 13.3 Å². The smallest absolute Gasteiger partial charge is 0.255 e. The summed E-state index contributed by atoms with van der Waals surface area (Å²) in [7, 11) is 0. The summed E-state index contributed by atoms with van der Waals surface area (Å²) in [6.45, 7) is 0.383. The van der Waals surface area contributed by atoms with E-state index in [0.717, 1.165) is 0 Å². The zero-order valence-corrected chi connectivity index (χ0v) is 9.36. The summed E-state index contributed by atoms with van der Waals surface area (Å²) in [6, 6.07) is 0. The summed E-state index contributed by atoms with van der Waals surface area (Å²) in [4.78, 5) is 2.92. The maximum absolute atomic E-state index is 13.3. The molecule has 0 aliphatic heterocycles. The SMILES string of the molecule is CCCN(CC(F)F)c1c(F)c(F)nc(F)c1F. The Morgan fingerprint density at radius 2 is 1.56 bits per heavy atom. The lowest BCUT2D eigenvalue weighted by Crippen LogP contribution is -2.32. The molecule has 0 saturated carbocycles. The van der Waals surface area contributed by atoms with Crippen molar-refractivity contribution in [2.75, 3.05) is 18.0 Å². The van der Waals surface area contributed by atoms with Crippen LogP contribution in [0.3, 0.4) is 0 Å². The molecule has 8 heteroatoms. The maximum atomic E-state index is 13.3. The number of pyridine rings is 1. The van der Waals surface area contributed by atoms with E-state index in [2.05, 4.69) is 4.98 Å². The molecule has 0 saturated heterocycles. The highest BCUT2D eigenvalue weighted by Crippen LogP contribution is 2.26. The van der Waals surface area contributed by atoms with Crippen molar-refractivity contribution in [3.8, 4) is 0 Å². The van der Waals surface area contributed by atoms with Crippen LogP contribution in [0.4, 0.5) is 32.0 Å². The van der Waals surface area contributed by atoms with Gasteiger partial charge >= 0.3 is 0 Å². The molecule has 0 N–H and O–H groups in total. The first kappa shape index (κ1) is 14.6. The fourth-order valence-electron chi connectivity index (χ4n) is 1.48. The van der Waals surface area contributed by atoms with Gasteiger partial charge in [0.1, 0.15) is 5.69 Å². The van der Waals surface area contributed by atoms with Crippen LogP contribution in [0.2, 0.25) is 0 Å². The molecular weight excluding hydrogens is 262 g/mol. The molecular formula is C10H10F6N2. The van der Waals surface area contributed by atoms with Crippen LogP contribution in [-0.4, -0.2) is 24.5 Å². The number of alkyl halides is 2. The van der Waals surface area contributed by atoms with E-state index in [1.54, 1.807) is 6.92 Å². The number of aromatic nitrogens is 1. The first-order valence-electron chi connectivity index (χ1n) is 5.11. The molecule has 0 aliphatic carbocycles. The van der Waals surface area contributed by atoms with Crippen LogP contribution in [0.5, 0.6) is 0 Å². The Balaban J connectivity index is 3.25. The molecule has 18 heavy (non-hydrogen) atoms. The molecule has 0 atom stereocenters. The summed E-state index contributed by atoms with van der Waals surface area (Å²) < 4.78 is 76.9. The van der Waals surface area contributed by atoms with Gasteiger partial charge in [-0.25, -0.2) is 8.78 Å². The van der Waals surface area contributed by atoms with Crippen LogP contribution < -0.4 is 4.90 Å². The van der Waals surface area contributed by atoms with Gasteiger partial charge in [-0.05, 0) is 6.42 Å². The topological polar surface area (TPSA) is 16.1 Å². The first-order valence-corrected chi connectivity index (χ1v) is 5.11. The molecule has 0 aromatic carbocycles. The van der Waals surface area contributed by atoms with E-state index in [1.807, 2.05) is 0 Å². The minimum Gasteiger partial charge on any atom is -0.361 e. The molecule has 0 spiro atoms. The van der Waals surface area contributed by atoms with Crippen molar-refractivity contribution < 1.29 is 26.3 Å². The second-order valence-electron chi connectivity index (χ2n) is 3.51. The second kappa shape index (κ2) is 5.92. The highest BCUT2D eigenvalue weighted by atomic mass is 19.3. The fraction of sp³-hybridized carbons (Fsp3) is 0.500. The van der Waals surface area contributed by atoms with Gasteiger partial charge in [0.2, 0.25) is 11.6 Å². The molecule has 1 aromatic rings. The average Bonchev–Trinajstić information content (AvgIpc) is 2.26. The number of halogens is 6. The lowest BCUT2D eigenvalue weighted by atomic mass is 10.3. The summed E-state index contributed by atoms with van der Waals surface area (Å²) in [5.41, 5.74) is -1.15. The highest BCUT2D eigenvalue weighted by Gasteiger charge is 2.26. The Kier molecular flexibility index (Phi) is 4.80. The van der Waals surface area contributed by atoms with Gasteiger partial charge in [-0.2, -0.15) is 22.5 Å². The van der Waals surface area contributed by atoms with Crippen LogP contribution in [0.25, 0.3) is 0 Å². The third kappa shape index (κ3) is 3.05. The van der Waals surface area contributed by atoms with Gasteiger partial charge in [-0.15, -0.1) is 0 Å². The van der Waals surface area contributed by atoms with Gasteiger partial charge in [-0.1, -0.05) is 6.92 Å². The third-order valence-corrected chi connectivity index (χ3v) is 2.14. The van der Waals surface area contributed by atoms with Crippen molar-refractivity contribution in [3.05, 3.63) is 23.5 Å². The van der Waals surface area contributed by atoms with Crippen molar-refractivity contribution in [1.29, 1.82) is 0 Å². The molecule has 0 fully saturated rings. The van der Waals surface area contributed by atoms with Crippen LogP contribution in [0, 0.1) is 23.5 Å². The molecule has 1 heterocycles. The number of anilines is 1. The number of hydrogen-bond donors (Lipinski definition) is 0. The average molecular weight is 272 g/mol. The van der Waals surface area contributed by atoms with Gasteiger partial charge in [0.15, 0.2) is 0 Å². The van der Waals surface area contributed by atoms with E-state index in [-0.39, 0.29) is 13.0 Å². The Bertz CT molecular complexity index is 397. The Morgan fingerprint density at radius 3 is 1.94 bits per heavy atom. The van der Waals surface area contributed by atoms with Crippen molar-refractivity contribution in [3.63, 3.8) is 0 Å². The van der Waals surface area contributed by atoms with Gasteiger partial charge < -0.3 is 4.90 Å². The minimum atomic E-state index is -2.89. The predicted octanol–water partition coefficient (Wildman–Crippen LogP) is 3.12. The standard InChI is InChI=1S/C10H10F6N2/c1-2-3-18(4-5(11)12)8-6(13)9(15)17-10(16)7(8)14/h5H,2-4H2,1H3. The van der Waals surface area contributed by atoms with Crippen molar-refractivity contribution in [1.82, 2.24) is 4.98 Å². The number of rotatable bonds is 5. The first-order chi connectivity index (χ1) is 8.38. The van der Waals surface area contributed by atoms with Crippen molar-refractivity contribution in [2.24, 2.45) is 0 Å². The van der Waals surface area contributed by atoms with Gasteiger partial charge in [-0.3, -0.25) is 0 Å². The van der Waals surface area contributed by atoms with Crippen LogP contribution >= 0.6 is 0 Å². The largest absolute Gasteiger partial charge is 0.361 e. The summed E-state index contributed by atoms with van der Waals surface area (Å²) in [5, 5.41) is 0.